The van der Waals surface area contributed by atoms with E-state index in [2.05, 4.69) is 5.32 Å². The predicted molar refractivity (Wildman–Crippen MR) is 71.5 cm³/mol. The molecule has 0 aliphatic carbocycles. The number of phenols is 1. The van der Waals surface area contributed by atoms with Crippen molar-refractivity contribution in [2.75, 3.05) is 0 Å². The van der Waals surface area contributed by atoms with Gasteiger partial charge in [-0.1, -0.05) is 31.4 Å². The lowest BCUT2D eigenvalue weighted by atomic mass is 10.1. The number of halogens is 1. The molecule has 1 amide bonds. The van der Waals surface area contributed by atoms with E-state index >= 15 is 0 Å². The Bertz CT molecular complexity index is 476. The highest BCUT2D eigenvalue weighted by Gasteiger charge is 2.21. The molecule has 0 fully saturated rings. The lowest BCUT2D eigenvalue weighted by Gasteiger charge is -2.14. The van der Waals surface area contributed by atoms with Gasteiger partial charge in [0.05, 0.1) is 5.56 Å². The number of carbonyl (C=O) groups excluding carboxylic acids is 1. The smallest absolute Gasteiger partial charge is 0.326 e. The molecule has 1 unspecified atom stereocenters. The van der Waals surface area contributed by atoms with Crippen LogP contribution in [0.4, 0.5) is 0 Å². The van der Waals surface area contributed by atoms with Crippen molar-refractivity contribution in [2.24, 2.45) is 0 Å². The number of carbonyl (C=O) groups is 2. The Morgan fingerprint density at radius 3 is 2.68 bits per heavy atom. The number of carboxylic acid groups (broad SMARTS) is 1. The summed E-state index contributed by atoms with van der Waals surface area (Å²) in [6.45, 7) is 1.93. The van der Waals surface area contributed by atoms with Crippen molar-refractivity contribution in [3.05, 3.63) is 28.8 Å². The van der Waals surface area contributed by atoms with Crippen LogP contribution >= 0.6 is 11.6 Å². The first-order valence-electron chi connectivity index (χ1n) is 5.98. The van der Waals surface area contributed by atoms with Gasteiger partial charge in [0.25, 0.3) is 5.91 Å². The summed E-state index contributed by atoms with van der Waals surface area (Å²) >= 11 is 5.74. The molecule has 0 aliphatic rings. The standard InChI is InChI=1S/C13H16ClNO4/c1-2-3-4-10(13(18)19)15-12(17)9-7-8(14)5-6-11(9)16/h5-7,10,16H,2-4H2,1H3,(H,15,17)(H,18,19). The third-order valence-electron chi connectivity index (χ3n) is 2.65. The third-order valence-corrected chi connectivity index (χ3v) is 2.89. The van der Waals surface area contributed by atoms with Crippen LogP contribution in [0.2, 0.25) is 5.02 Å². The van der Waals surface area contributed by atoms with E-state index in [9.17, 15) is 14.7 Å². The van der Waals surface area contributed by atoms with Gasteiger partial charge >= 0.3 is 5.97 Å². The van der Waals surface area contributed by atoms with Crippen LogP contribution in [0.15, 0.2) is 18.2 Å². The van der Waals surface area contributed by atoms with Crippen LogP contribution in [0.1, 0.15) is 36.5 Å². The molecule has 0 radical (unpaired) electrons. The molecule has 5 nitrogen and oxygen atoms in total. The van der Waals surface area contributed by atoms with Gasteiger partial charge in [-0.25, -0.2) is 4.79 Å². The average molecular weight is 286 g/mol. The van der Waals surface area contributed by atoms with Gasteiger partial charge in [0.15, 0.2) is 0 Å². The van der Waals surface area contributed by atoms with Gasteiger partial charge in [-0.05, 0) is 24.6 Å². The van der Waals surface area contributed by atoms with Crippen molar-refractivity contribution >= 4 is 23.5 Å². The Kier molecular flexibility index (Phi) is 5.63. The van der Waals surface area contributed by atoms with E-state index in [0.717, 1.165) is 6.42 Å². The van der Waals surface area contributed by atoms with Gasteiger partial charge in [-0.3, -0.25) is 4.79 Å². The number of aliphatic carboxylic acids is 1. The third kappa shape index (κ3) is 4.44. The van der Waals surface area contributed by atoms with Crippen molar-refractivity contribution in [3.63, 3.8) is 0 Å². The minimum atomic E-state index is -1.09. The number of phenolic OH excluding ortho intramolecular Hbond substituents is 1. The van der Waals surface area contributed by atoms with Gasteiger partial charge in [0, 0.05) is 5.02 Å². The maximum absolute atomic E-state index is 11.9. The molecule has 0 bridgehead atoms. The first-order valence-corrected chi connectivity index (χ1v) is 6.35. The molecular weight excluding hydrogens is 270 g/mol. The van der Waals surface area contributed by atoms with Gasteiger partial charge in [0.1, 0.15) is 11.8 Å². The summed E-state index contributed by atoms with van der Waals surface area (Å²) in [7, 11) is 0. The number of unbranched alkanes of at least 4 members (excludes halogenated alkanes) is 1. The first kappa shape index (κ1) is 15.3. The van der Waals surface area contributed by atoms with E-state index in [-0.39, 0.29) is 11.3 Å². The molecule has 0 saturated carbocycles. The number of amides is 1. The van der Waals surface area contributed by atoms with Crippen molar-refractivity contribution < 1.29 is 19.8 Å². The molecule has 0 spiro atoms. The maximum atomic E-state index is 11.9. The van der Waals surface area contributed by atoms with Crippen molar-refractivity contribution in [2.45, 2.75) is 32.2 Å². The van der Waals surface area contributed by atoms with Crippen LogP contribution in [0.25, 0.3) is 0 Å². The van der Waals surface area contributed by atoms with Crippen LogP contribution < -0.4 is 5.32 Å². The second-order valence-corrected chi connectivity index (χ2v) is 4.60. The molecule has 104 valence electrons. The molecule has 19 heavy (non-hydrogen) atoms. The lowest BCUT2D eigenvalue weighted by Crippen LogP contribution is -2.40. The Hall–Kier alpha value is -1.75. The summed E-state index contributed by atoms with van der Waals surface area (Å²) in [5.74, 6) is -1.98. The van der Waals surface area contributed by atoms with E-state index in [1.807, 2.05) is 6.92 Å². The van der Waals surface area contributed by atoms with Gasteiger partial charge in [0.2, 0.25) is 0 Å². The minimum absolute atomic E-state index is 0.0322. The number of carboxylic acids is 1. The van der Waals surface area contributed by atoms with E-state index in [1.165, 1.54) is 18.2 Å². The van der Waals surface area contributed by atoms with E-state index in [1.54, 1.807) is 0 Å². The molecule has 1 atom stereocenters. The molecular formula is C13H16ClNO4. The molecule has 3 N–H and O–H groups in total. The minimum Gasteiger partial charge on any atom is -0.507 e. The van der Waals surface area contributed by atoms with E-state index in [4.69, 9.17) is 16.7 Å². The van der Waals surface area contributed by atoms with Crippen LogP contribution in [-0.2, 0) is 4.79 Å². The Morgan fingerprint density at radius 1 is 1.42 bits per heavy atom. The molecule has 0 heterocycles. The molecule has 0 saturated heterocycles. The second kappa shape index (κ2) is 6.99. The SMILES string of the molecule is CCCCC(NC(=O)c1cc(Cl)ccc1O)C(=O)O. The van der Waals surface area contributed by atoms with Crippen molar-refractivity contribution in [1.82, 2.24) is 5.32 Å². The number of hydrogen-bond donors (Lipinski definition) is 3. The predicted octanol–water partition coefficient (Wildman–Crippen LogP) is 2.42. The van der Waals surface area contributed by atoms with Crippen LogP contribution in [0.5, 0.6) is 5.75 Å². The fourth-order valence-corrected chi connectivity index (χ4v) is 1.76. The monoisotopic (exact) mass is 285 g/mol. The number of rotatable bonds is 6. The largest absolute Gasteiger partial charge is 0.507 e. The molecule has 1 aromatic rings. The highest BCUT2D eigenvalue weighted by Crippen LogP contribution is 2.21. The van der Waals surface area contributed by atoms with E-state index < -0.39 is 17.9 Å². The molecule has 6 heteroatoms. The summed E-state index contributed by atoms with van der Waals surface area (Å²) in [5.41, 5.74) is -0.0322. The topological polar surface area (TPSA) is 86.6 Å². The normalized spacial score (nSPS) is 11.9. The molecule has 0 aliphatic heterocycles. The Labute approximate surface area is 116 Å². The average Bonchev–Trinajstić information content (AvgIpc) is 2.36. The number of hydrogen-bond acceptors (Lipinski definition) is 3. The number of aromatic hydroxyl groups is 1. The van der Waals surface area contributed by atoms with Gasteiger partial charge < -0.3 is 15.5 Å². The zero-order valence-electron chi connectivity index (χ0n) is 10.5. The molecule has 1 rings (SSSR count). The van der Waals surface area contributed by atoms with Crippen LogP contribution in [-0.4, -0.2) is 28.1 Å². The summed E-state index contributed by atoms with van der Waals surface area (Å²) in [4.78, 5) is 22.9. The Balaban J connectivity index is 2.81. The number of benzene rings is 1. The fraction of sp³-hybridized carbons (Fsp3) is 0.385. The first-order chi connectivity index (χ1) is 8.95. The molecule has 1 aromatic carbocycles. The quantitative estimate of drug-likeness (QED) is 0.749. The maximum Gasteiger partial charge on any atom is 0.326 e. The fourth-order valence-electron chi connectivity index (χ4n) is 1.59. The highest BCUT2D eigenvalue weighted by atomic mass is 35.5. The second-order valence-electron chi connectivity index (χ2n) is 4.17. The summed E-state index contributed by atoms with van der Waals surface area (Å²) in [6, 6.07) is 3.06. The van der Waals surface area contributed by atoms with Crippen LogP contribution in [0, 0.1) is 0 Å². The zero-order chi connectivity index (χ0) is 14.4. The van der Waals surface area contributed by atoms with E-state index in [0.29, 0.717) is 17.9 Å². The van der Waals surface area contributed by atoms with Crippen LogP contribution in [0.3, 0.4) is 0 Å². The Morgan fingerprint density at radius 2 is 2.11 bits per heavy atom. The zero-order valence-corrected chi connectivity index (χ0v) is 11.3. The molecule has 0 aromatic heterocycles. The number of nitrogens with one attached hydrogen (secondary N) is 1. The summed E-state index contributed by atoms with van der Waals surface area (Å²) in [6.07, 6.45) is 1.87. The van der Waals surface area contributed by atoms with Crippen molar-refractivity contribution in [3.8, 4) is 5.75 Å². The van der Waals surface area contributed by atoms with Gasteiger partial charge in [-0.15, -0.1) is 0 Å². The van der Waals surface area contributed by atoms with Gasteiger partial charge in [-0.2, -0.15) is 0 Å². The summed E-state index contributed by atoms with van der Waals surface area (Å²) in [5, 5.41) is 21.3. The highest BCUT2D eigenvalue weighted by molar-refractivity contribution is 6.31. The summed E-state index contributed by atoms with van der Waals surface area (Å²) < 4.78 is 0. The van der Waals surface area contributed by atoms with Crippen molar-refractivity contribution in [1.29, 1.82) is 0 Å². The lowest BCUT2D eigenvalue weighted by molar-refractivity contribution is -0.139.